The van der Waals surface area contributed by atoms with Gasteiger partial charge in [0, 0.05) is 0 Å². The summed E-state index contributed by atoms with van der Waals surface area (Å²) in [4.78, 5) is 15.9. The van der Waals surface area contributed by atoms with Gasteiger partial charge in [-0.1, -0.05) is 25.1 Å². The van der Waals surface area contributed by atoms with Crippen LogP contribution in [0.4, 0.5) is 5.69 Å². The summed E-state index contributed by atoms with van der Waals surface area (Å²) >= 11 is 0. The first kappa shape index (κ1) is 18.7. The lowest BCUT2D eigenvalue weighted by Gasteiger charge is -2.33. The minimum absolute atomic E-state index is 0.124. The maximum Gasteiger partial charge on any atom is 0.243 e. The highest BCUT2D eigenvalue weighted by molar-refractivity contribution is 7.92. The average Bonchev–Trinajstić information content (AvgIpc) is 2.58. The Morgan fingerprint density at radius 3 is 2.38 bits per heavy atom. The fourth-order valence-corrected chi connectivity index (χ4v) is 3.96. The molecule has 0 radical (unpaired) electrons. The summed E-state index contributed by atoms with van der Waals surface area (Å²) in [5.74, 6) is -0.124. The van der Waals surface area contributed by atoms with E-state index < -0.39 is 10.0 Å². The van der Waals surface area contributed by atoms with Crippen LogP contribution in [0.2, 0.25) is 0 Å². The van der Waals surface area contributed by atoms with Crippen LogP contribution in [-0.2, 0) is 21.2 Å². The van der Waals surface area contributed by atoms with Crippen molar-refractivity contribution in [1.29, 1.82) is 0 Å². The molecule has 2 rings (SSSR count). The first-order valence-corrected chi connectivity index (χ1v) is 10.4. The Labute approximate surface area is 145 Å². The number of hydrogen-bond acceptors (Lipinski definition) is 3. The predicted octanol–water partition coefficient (Wildman–Crippen LogP) is -0.238. The van der Waals surface area contributed by atoms with Crippen molar-refractivity contribution < 1.29 is 18.1 Å². The summed E-state index contributed by atoms with van der Waals surface area (Å²) in [6, 6.07) is 7.37. The van der Waals surface area contributed by atoms with E-state index in [4.69, 9.17) is 0 Å². The Morgan fingerprint density at radius 2 is 1.83 bits per heavy atom. The summed E-state index contributed by atoms with van der Waals surface area (Å²) in [6.45, 7) is 8.27. The van der Waals surface area contributed by atoms with Crippen LogP contribution in [-0.4, -0.2) is 64.7 Å². The van der Waals surface area contributed by atoms with Crippen molar-refractivity contribution in [1.82, 2.24) is 4.90 Å². The summed E-state index contributed by atoms with van der Waals surface area (Å²) in [5.41, 5.74) is 1.53. The zero-order chi connectivity index (χ0) is 17.7. The minimum Gasteiger partial charge on any atom is -0.332 e. The Balaban J connectivity index is 2.17. The standard InChI is InChI=1S/C17H27N3O3S/c1-4-15-8-6-7-9-16(15)20(24(3,22)23)14-17(21)19-12-10-18(5-2)11-13-19/h6-9H,4-5,10-14H2,1-3H3/p+1. The number of anilines is 1. The molecule has 1 N–H and O–H groups in total. The lowest BCUT2D eigenvalue weighted by molar-refractivity contribution is -0.902. The highest BCUT2D eigenvalue weighted by Crippen LogP contribution is 2.23. The van der Waals surface area contributed by atoms with Crippen molar-refractivity contribution in [2.45, 2.75) is 20.3 Å². The molecule has 134 valence electrons. The number of carbonyl (C=O) groups excluding carboxylic acids is 1. The molecule has 1 aromatic rings. The number of likely N-dealkylation sites (N-methyl/N-ethyl adjacent to an activating group) is 1. The quantitative estimate of drug-likeness (QED) is 0.767. The lowest BCUT2D eigenvalue weighted by atomic mass is 10.1. The second-order valence-electron chi connectivity index (χ2n) is 6.24. The fourth-order valence-electron chi connectivity index (χ4n) is 3.08. The summed E-state index contributed by atoms with van der Waals surface area (Å²) in [7, 11) is -3.52. The fraction of sp³-hybridized carbons (Fsp3) is 0.588. The molecule has 24 heavy (non-hydrogen) atoms. The monoisotopic (exact) mass is 354 g/mol. The molecule has 0 spiro atoms. The predicted molar refractivity (Wildman–Crippen MR) is 95.8 cm³/mol. The van der Waals surface area contributed by atoms with Gasteiger partial charge in [0.2, 0.25) is 15.9 Å². The van der Waals surface area contributed by atoms with E-state index in [0.29, 0.717) is 18.8 Å². The van der Waals surface area contributed by atoms with Gasteiger partial charge in [-0.05, 0) is 25.0 Å². The molecule has 1 heterocycles. The smallest absolute Gasteiger partial charge is 0.243 e. The zero-order valence-electron chi connectivity index (χ0n) is 14.8. The van der Waals surface area contributed by atoms with Gasteiger partial charge in [-0.25, -0.2) is 8.42 Å². The number of aryl methyl sites for hydroxylation is 1. The van der Waals surface area contributed by atoms with Crippen molar-refractivity contribution in [3.05, 3.63) is 29.8 Å². The Hall–Kier alpha value is -1.60. The van der Waals surface area contributed by atoms with E-state index in [0.717, 1.165) is 37.9 Å². The minimum atomic E-state index is -3.52. The first-order valence-electron chi connectivity index (χ1n) is 8.53. The normalized spacial score (nSPS) is 16.2. The van der Waals surface area contributed by atoms with Gasteiger partial charge in [-0.3, -0.25) is 9.10 Å². The van der Waals surface area contributed by atoms with Crippen molar-refractivity contribution in [2.24, 2.45) is 0 Å². The van der Waals surface area contributed by atoms with Crippen LogP contribution in [0.3, 0.4) is 0 Å². The molecule has 0 aromatic heterocycles. The highest BCUT2D eigenvalue weighted by Gasteiger charge is 2.28. The highest BCUT2D eigenvalue weighted by atomic mass is 32.2. The third-order valence-corrected chi connectivity index (χ3v) is 5.77. The number of nitrogens with one attached hydrogen (secondary N) is 1. The van der Waals surface area contributed by atoms with Crippen molar-refractivity contribution in [2.75, 3.05) is 49.8 Å². The average molecular weight is 354 g/mol. The van der Waals surface area contributed by atoms with Crippen LogP contribution in [0.15, 0.2) is 24.3 Å². The van der Waals surface area contributed by atoms with E-state index in [2.05, 4.69) is 6.92 Å². The number of hydrogen-bond donors (Lipinski definition) is 1. The molecule has 0 aliphatic carbocycles. The number of rotatable bonds is 6. The molecule has 0 bridgehead atoms. The second-order valence-corrected chi connectivity index (χ2v) is 8.14. The van der Waals surface area contributed by atoms with Crippen molar-refractivity contribution >= 4 is 21.6 Å². The van der Waals surface area contributed by atoms with Crippen LogP contribution in [0.5, 0.6) is 0 Å². The SMILES string of the molecule is CCc1ccccc1N(CC(=O)N1CC[NH+](CC)CC1)S(C)(=O)=O. The Kier molecular flexibility index (Phi) is 6.23. The number of para-hydroxylation sites is 1. The first-order chi connectivity index (χ1) is 11.4. The number of carbonyl (C=O) groups is 1. The maximum atomic E-state index is 12.6. The molecule has 1 saturated heterocycles. The molecule has 0 saturated carbocycles. The van der Waals surface area contributed by atoms with Gasteiger partial charge in [0.05, 0.1) is 44.7 Å². The third-order valence-electron chi connectivity index (χ3n) is 4.64. The van der Waals surface area contributed by atoms with Crippen molar-refractivity contribution in [3.8, 4) is 0 Å². The molecule has 6 nitrogen and oxygen atoms in total. The van der Waals surface area contributed by atoms with E-state index in [-0.39, 0.29) is 12.5 Å². The number of sulfonamides is 1. The molecule has 1 aromatic carbocycles. The number of quaternary nitrogens is 1. The van der Waals surface area contributed by atoms with Crippen LogP contribution in [0.1, 0.15) is 19.4 Å². The van der Waals surface area contributed by atoms with Gasteiger partial charge in [-0.2, -0.15) is 0 Å². The van der Waals surface area contributed by atoms with E-state index in [1.54, 1.807) is 17.0 Å². The van der Waals surface area contributed by atoms with Gasteiger partial charge in [0.15, 0.2) is 0 Å². The van der Waals surface area contributed by atoms with E-state index >= 15 is 0 Å². The maximum absolute atomic E-state index is 12.6. The van der Waals surface area contributed by atoms with Crippen LogP contribution >= 0.6 is 0 Å². The van der Waals surface area contributed by atoms with Gasteiger partial charge in [0.1, 0.15) is 6.54 Å². The molecule has 1 aliphatic heterocycles. The van der Waals surface area contributed by atoms with Crippen LogP contribution < -0.4 is 9.21 Å². The number of nitrogens with zero attached hydrogens (tertiary/aromatic N) is 2. The van der Waals surface area contributed by atoms with Gasteiger partial charge < -0.3 is 9.80 Å². The van der Waals surface area contributed by atoms with Crippen LogP contribution in [0, 0.1) is 0 Å². The summed E-state index contributed by atoms with van der Waals surface area (Å²) in [6.07, 6.45) is 1.88. The molecule has 7 heteroatoms. The molecular weight excluding hydrogens is 326 g/mol. The molecule has 0 atom stereocenters. The van der Waals surface area contributed by atoms with Gasteiger partial charge in [0.25, 0.3) is 0 Å². The molecular formula is C17H28N3O3S+. The zero-order valence-corrected chi connectivity index (χ0v) is 15.6. The largest absolute Gasteiger partial charge is 0.332 e. The van der Waals surface area contributed by atoms with Crippen LogP contribution in [0.25, 0.3) is 0 Å². The molecule has 1 amide bonds. The summed E-state index contributed by atoms with van der Waals surface area (Å²) in [5, 5.41) is 0. The van der Waals surface area contributed by atoms with E-state index in [9.17, 15) is 13.2 Å². The second kappa shape index (κ2) is 7.98. The van der Waals surface area contributed by atoms with E-state index in [1.807, 2.05) is 19.1 Å². The molecule has 1 aliphatic rings. The number of piperazine rings is 1. The molecule has 0 unspecified atom stereocenters. The number of benzene rings is 1. The lowest BCUT2D eigenvalue weighted by Crippen LogP contribution is -3.14. The number of amides is 1. The Morgan fingerprint density at radius 1 is 1.21 bits per heavy atom. The summed E-state index contributed by atoms with van der Waals surface area (Å²) < 4.78 is 25.8. The van der Waals surface area contributed by atoms with Gasteiger partial charge >= 0.3 is 0 Å². The third kappa shape index (κ3) is 4.48. The van der Waals surface area contributed by atoms with Crippen molar-refractivity contribution in [3.63, 3.8) is 0 Å². The Bertz CT molecular complexity index is 667. The van der Waals surface area contributed by atoms with Gasteiger partial charge in [-0.15, -0.1) is 0 Å². The topological polar surface area (TPSA) is 62.1 Å². The van der Waals surface area contributed by atoms with E-state index in [1.165, 1.54) is 9.21 Å². The molecule has 1 fully saturated rings.